The maximum Gasteiger partial charge on any atom is 0.288 e. The van der Waals surface area contributed by atoms with E-state index in [-0.39, 0.29) is 22.2 Å². The molecule has 5 rings (SSSR count). The van der Waals surface area contributed by atoms with Gasteiger partial charge in [-0.15, -0.1) is 0 Å². The second-order valence-corrected chi connectivity index (χ2v) is 8.85. The number of hydrogen-bond acceptors (Lipinski definition) is 8. The van der Waals surface area contributed by atoms with Gasteiger partial charge in [-0.25, -0.2) is 4.99 Å². The number of methoxy groups -OCH3 is 2. The fourth-order valence-corrected chi connectivity index (χ4v) is 4.28. The average molecular weight is 554 g/mol. The molecule has 0 N–H and O–H groups in total. The van der Waals surface area contributed by atoms with E-state index in [2.05, 4.69) is 11.1 Å². The summed E-state index contributed by atoms with van der Waals surface area (Å²) in [7, 11) is 3.16. The van der Waals surface area contributed by atoms with E-state index >= 15 is 0 Å². The van der Waals surface area contributed by atoms with E-state index in [9.17, 15) is 15.4 Å². The fraction of sp³-hybridized carbons (Fsp3) is 0.0667. The highest BCUT2D eigenvalue weighted by Gasteiger charge is 2.23. The summed E-state index contributed by atoms with van der Waals surface area (Å²) in [4.78, 5) is 15.1. The maximum absolute atomic E-state index is 11.2. The third-order valence-corrected chi connectivity index (χ3v) is 6.42. The molecular formula is C30H20ClN3O6. The molecule has 10 heteroatoms. The summed E-state index contributed by atoms with van der Waals surface area (Å²) in [6, 6.07) is 24.5. The molecule has 0 unspecified atom stereocenters. The van der Waals surface area contributed by atoms with Gasteiger partial charge in [0.1, 0.15) is 45.4 Å². The van der Waals surface area contributed by atoms with Crippen LogP contribution < -0.4 is 9.47 Å². The quantitative estimate of drug-likeness (QED) is 0.108. The van der Waals surface area contributed by atoms with E-state index in [4.69, 9.17) is 29.9 Å². The molecular weight excluding hydrogens is 534 g/mol. The second-order valence-electron chi connectivity index (χ2n) is 8.44. The van der Waals surface area contributed by atoms with E-state index in [0.29, 0.717) is 39.9 Å². The largest absolute Gasteiger partial charge is 0.497 e. The number of furan rings is 2. The van der Waals surface area contributed by atoms with Crippen molar-refractivity contribution < 1.29 is 23.2 Å². The number of rotatable bonds is 8. The number of nitrogens with zero attached hydrogens (tertiary/aromatic N) is 3. The molecule has 2 heterocycles. The van der Waals surface area contributed by atoms with Crippen molar-refractivity contribution >= 4 is 29.4 Å². The Morgan fingerprint density at radius 2 is 1.52 bits per heavy atom. The minimum atomic E-state index is -0.557. The van der Waals surface area contributed by atoms with Gasteiger partial charge in [0, 0.05) is 22.8 Å². The Hall–Kier alpha value is -5.33. The summed E-state index contributed by atoms with van der Waals surface area (Å²) < 4.78 is 22.5. The van der Waals surface area contributed by atoms with Crippen LogP contribution in [0.15, 0.2) is 92.7 Å². The lowest BCUT2D eigenvalue weighted by atomic mass is 9.98. The van der Waals surface area contributed by atoms with Crippen LogP contribution in [-0.2, 0) is 0 Å². The summed E-state index contributed by atoms with van der Waals surface area (Å²) in [5.74, 6) is 2.66. The summed E-state index contributed by atoms with van der Waals surface area (Å²) in [6.07, 6.45) is 1.42. The zero-order chi connectivity index (χ0) is 28.2. The van der Waals surface area contributed by atoms with Gasteiger partial charge in [-0.3, -0.25) is 10.1 Å². The molecule has 9 nitrogen and oxygen atoms in total. The summed E-state index contributed by atoms with van der Waals surface area (Å²) >= 11 is 5.92. The molecule has 2 aromatic heterocycles. The van der Waals surface area contributed by atoms with E-state index in [1.54, 1.807) is 56.7 Å². The van der Waals surface area contributed by atoms with Gasteiger partial charge >= 0.3 is 0 Å². The lowest BCUT2D eigenvalue weighted by Gasteiger charge is -2.06. The van der Waals surface area contributed by atoms with Gasteiger partial charge in [-0.05, 0) is 66.2 Å². The minimum Gasteiger partial charge on any atom is -0.497 e. The van der Waals surface area contributed by atoms with Gasteiger partial charge in [0.05, 0.1) is 25.4 Å². The molecule has 0 bridgehead atoms. The number of ether oxygens (including phenoxy) is 2. The van der Waals surface area contributed by atoms with E-state index in [0.717, 1.165) is 11.1 Å². The van der Waals surface area contributed by atoms with Crippen LogP contribution in [0.25, 0.3) is 33.8 Å². The van der Waals surface area contributed by atoms with Gasteiger partial charge in [-0.1, -0.05) is 23.7 Å². The smallest absolute Gasteiger partial charge is 0.288 e. The van der Waals surface area contributed by atoms with Gasteiger partial charge in [-0.2, -0.15) is 5.26 Å². The molecule has 0 spiro atoms. The Morgan fingerprint density at radius 3 is 2.12 bits per heavy atom. The number of nitro groups is 1. The first kappa shape index (κ1) is 26.3. The third kappa shape index (κ3) is 5.16. The van der Waals surface area contributed by atoms with Crippen molar-refractivity contribution in [1.82, 2.24) is 0 Å². The number of nitriles is 1. The molecule has 0 fully saturated rings. The standard InChI is InChI=1S/C30H20ClN3O6/c1-37-21-8-3-18(4-9-21)28-24(16-32)30(40-29(28)19-5-10-22(38-2)11-6-19)33-17-23-12-14-27(39-23)20-7-13-25(31)26(15-20)34(35)36/h3-15,17H,1-2H3. The van der Waals surface area contributed by atoms with Crippen LogP contribution in [0.2, 0.25) is 5.02 Å². The molecule has 0 aliphatic carbocycles. The molecule has 0 amide bonds. The molecule has 0 atom stereocenters. The number of aliphatic imine (C=N–C) groups is 1. The van der Waals surface area contributed by atoms with Crippen molar-refractivity contribution in [3.8, 4) is 51.3 Å². The zero-order valence-corrected chi connectivity index (χ0v) is 22.0. The van der Waals surface area contributed by atoms with Crippen molar-refractivity contribution in [3.63, 3.8) is 0 Å². The Bertz CT molecular complexity index is 1760. The number of benzene rings is 3. The molecule has 40 heavy (non-hydrogen) atoms. The van der Waals surface area contributed by atoms with Gasteiger partial charge in [0.25, 0.3) is 5.69 Å². The third-order valence-electron chi connectivity index (χ3n) is 6.10. The monoisotopic (exact) mass is 553 g/mol. The molecule has 198 valence electrons. The first-order valence-electron chi connectivity index (χ1n) is 11.9. The molecule has 3 aromatic carbocycles. The highest BCUT2D eigenvalue weighted by Crippen LogP contribution is 2.43. The predicted molar refractivity (Wildman–Crippen MR) is 150 cm³/mol. The molecule has 0 aliphatic heterocycles. The molecule has 0 aliphatic rings. The molecule has 5 aromatic rings. The summed E-state index contributed by atoms with van der Waals surface area (Å²) in [5.41, 5.74) is 2.56. The van der Waals surface area contributed by atoms with Crippen LogP contribution in [0, 0.1) is 21.4 Å². The topological polar surface area (TPSA) is 124 Å². The zero-order valence-electron chi connectivity index (χ0n) is 21.3. The van der Waals surface area contributed by atoms with Crippen LogP contribution in [0.3, 0.4) is 0 Å². The Balaban J connectivity index is 1.55. The summed E-state index contributed by atoms with van der Waals surface area (Å²) in [6.45, 7) is 0. The van der Waals surface area contributed by atoms with E-state index in [1.807, 2.05) is 24.3 Å². The Morgan fingerprint density at radius 1 is 0.900 bits per heavy atom. The first-order valence-corrected chi connectivity index (χ1v) is 12.2. The van der Waals surface area contributed by atoms with Crippen LogP contribution in [0.5, 0.6) is 11.5 Å². The maximum atomic E-state index is 11.2. The van der Waals surface area contributed by atoms with Gasteiger partial charge in [0.15, 0.2) is 0 Å². The lowest BCUT2D eigenvalue weighted by Crippen LogP contribution is -1.89. The number of halogens is 1. The summed E-state index contributed by atoms with van der Waals surface area (Å²) in [5, 5.41) is 21.4. The molecule has 0 radical (unpaired) electrons. The van der Waals surface area contributed by atoms with Crippen molar-refractivity contribution in [2.75, 3.05) is 14.2 Å². The lowest BCUT2D eigenvalue weighted by molar-refractivity contribution is -0.384. The second kappa shape index (κ2) is 11.2. The number of nitro benzene ring substituents is 1. The van der Waals surface area contributed by atoms with Gasteiger partial charge in [0.2, 0.25) is 5.88 Å². The van der Waals surface area contributed by atoms with E-state index in [1.165, 1.54) is 18.3 Å². The SMILES string of the molecule is COc1ccc(-c2oc(N=Cc3ccc(-c4ccc(Cl)c([N+](=O)[O-])c4)o3)c(C#N)c2-c2ccc(OC)cc2)cc1. The molecule has 0 saturated carbocycles. The highest BCUT2D eigenvalue weighted by atomic mass is 35.5. The highest BCUT2D eigenvalue weighted by molar-refractivity contribution is 6.32. The van der Waals surface area contributed by atoms with Gasteiger partial charge < -0.3 is 18.3 Å². The van der Waals surface area contributed by atoms with E-state index < -0.39 is 4.92 Å². The Labute approximate surface area is 233 Å². The predicted octanol–water partition coefficient (Wildman–Crippen LogP) is 8.07. The van der Waals surface area contributed by atoms with Crippen LogP contribution in [0.4, 0.5) is 11.6 Å². The van der Waals surface area contributed by atoms with Crippen LogP contribution >= 0.6 is 11.6 Å². The fourth-order valence-electron chi connectivity index (χ4n) is 4.10. The van der Waals surface area contributed by atoms with Crippen molar-refractivity contribution in [3.05, 3.63) is 105 Å². The van der Waals surface area contributed by atoms with Crippen molar-refractivity contribution in [2.45, 2.75) is 0 Å². The van der Waals surface area contributed by atoms with Crippen LogP contribution in [-0.4, -0.2) is 25.4 Å². The first-order chi connectivity index (χ1) is 19.4. The van der Waals surface area contributed by atoms with Crippen molar-refractivity contribution in [2.24, 2.45) is 4.99 Å². The van der Waals surface area contributed by atoms with Crippen LogP contribution in [0.1, 0.15) is 11.3 Å². The number of hydrogen-bond donors (Lipinski definition) is 0. The van der Waals surface area contributed by atoms with Crippen molar-refractivity contribution in [1.29, 1.82) is 5.26 Å². The Kier molecular flexibility index (Phi) is 7.35. The minimum absolute atomic E-state index is 0.0317. The normalized spacial score (nSPS) is 10.9. The average Bonchev–Trinajstić information content (AvgIpc) is 3.61. The molecule has 0 saturated heterocycles.